The minimum absolute atomic E-state index is 0.0158. The van der Waals surface area contributed by atoms with Gasteiger partial charge in [0.25, 0.3) is 5.91 Å². The summed E-state index contributed by atoms with van der Waals surface area (Å²) in [4.78, 5) is 27.6. The average Bonchev–Trinajstić information content (AvgIpc) is 2.82. The van der Waals surface area contributed by atoms with Crippen LogP contribution in [0.2, 0.25) is 5.02 Å². The van der Waals surface area contributed by atoms with Gasteiger partial charge < -0.3 is 15.0 Å². The van der Waals surface area contributed by atoms with Crippen LogP contribution < -0.4 is 10.1 Å². The second-order valence-corrected chi connectivity index (χ2v) is 9.19. The monoisotopic (exact) mass is 530 g/mol. The van der Waals surface area contributed by atoms with Crippen molar-refractivity contribution in [2.45, 2.75) is 45.8 Å². The summed E-state index contributed by atoms with van der Waals surface area (Å²) in [5.74, 6) is 0.0508. The van der Waals surface area contributed by atoms with Crippen LogP contribution in [0.4, 0.5) is 0 Å². The SMILES string of the molecule is CC[C@H](C)NC(=O)[C@H](C)N(Cc1ccccc1Cl)C(=O)COc1ccc2ccccc2c1Br. The lowest BCUT2D eigenvalue weighted by molar-refractivity contribution is -0.142. The van der Waals surface area contributed by atoms with Crippen LogP contribution in [0.5, 0.6) is 5.75 Å². The number of hydrogen-bond donors (Lipinski definition) is 1. The number of amides is 2. The molecule has 0 saturated heterocycles. The molecule has 3 rings (SSSR count). The molecule has 0 fully saturated rings. The molecule has 3 aromatic carbocycles. The number of halogens is 2. The lowest BCUT2D eigenvalue weighted by Crippen LogP contribution is -2.50. The van der Waals surface area contributed by atoms with Crippen LogP contribution in [0.25, 0.3) is 10.8 Å². The molecule has 7 heteroatoms. The zero-order valence-corrected chi connectivity index (χ0v) is 21.3. The molecule has 2 atom stereocenters. The Labute approximate surface area is 208 Å². The summed E-state index contributed by atoms with van der Waals surface area (Å²) in [6.07, 6.45) is 0.802. The Morgan fingerprint density at radius 1 is 1.06 bits per heavy atom. The first-order valence-corrected chi connectivity index (χ1v) is 12.1. The van der Waals surface area contributed by atoms with Crippen molar-refractivity contribution in [3.63, 3.8) is 0 Å². The van der Waals surface area contributed by atoms with Gasteiger partial charge in [0.05, 0.1) is 4.47 Å². The van der Waals surface area contributed by atoms with Gasteiger partial charge in [-0.05, 0) is 64.7 Å². The van der Waals surface area contributed by atoms with Gasteiger partial charge in [-0.25, -0.2) is 0 Å². The first kappa shape index (κ1) is 25.1. The number of benzene rings is 3. The summed E-state index contributed by atoms with van der Waals surface area (Å²) in [6, 6.07) is 18.3. The number of carbonyl (C=O) groups excluding carboxylic acids is 2. The summed E-state index contributed by atoms with van der Waals surface area (Å²) in [5, 5.41) is 5.56. The number of rotatable bonds is 9. The Morgan fingerprint density at radius 3 is 2.48 bits per heavy atom. The molecule has 0 saturated carbocycles. The molecule has 0 bridgehead atoms. The Hall–Kier alpha value is -2.57. The third-order valence-corrected chi connectivity index (χ3v) is 6.83. The average molecular weight is 532 g/mol. The maximum absolute atomic E-state index is 13.3. The third-order valence-electron chi connectivity index (χ3n) is 5.65. The van der Waals surface area contributed by atoms with Gasteiger partial charge in [-0.15, -0.1) is 0 Å². The predicted molar refractivity (Wildman–Crippen MR) is 137 cm³/mol. The van der Waals surface area contributed by atoms with Crippen LogP contribution in [-0.2, 0) is 16.1 Å². The molecule has 0 unspecified atom stereocenters. The van der Waals surface area contributed by atoms with Crippen LogP contribution in [-0.4, -0.2) is 35.4 Å². The molecule has 0 heterocycles. The fourth-order valence-corrected chi connectivity index (χ4v) is 4.21. The third kappa shape index (κ3) is 6.27. The lowest BCUT2D eigenvalue weighted by Gasteiger charge is -2.30. The Bertz CT molecular complexity index is 1140. The molecular weight excluding hydrogens is 504 g/mol. The molecule has 33 heavy (non-hydrogen) atoms. The maximum atomic E-state index is 13.3. The highest BCUT2D eigenvalue weighted by atomic mass is 79.9. The van der Waals surface area contributed by atoms with E-state index in [-0.39, 0.29) is 31.0 Å². The molecule has 0 spiro atoms. The van der Waals surface area contributed by atoms with Crippen LogP contribution in [0.3, 0.4) is 0 Å². The fraction of sp³-hybridized carbons (Fsp3) is 0.308. The van der Waals surface area contributed by atoms with Gasteiger partial charge in [-0.1, -0.05) is 67.1 Å². The van der Waals surface area contributed by atoms with Gasteiger partial charge in [0.2, 0.25) is 5.91 Å². The topological polar surface area (TPSA) is 58.6 Å². The standard InChI is InChI=1S/C26H28BrClN2O3/c1-4-17(2)29-26(32)18(3)30(15-20-10-6-8-12-22(20)28)24(31)16-33-23-14-13-19-9-5-7-11-21(19)25(23)27/h5-14,17-18H,4,15-16H2,1-3H3,(H,29,32)/t17-,18-/m0/s1. The summed E-state index contributed by atoms with van der Waals surface area (Å²) in [7, 11) is 0. The van der Waals surface area contributed by atoms with E-state index in [1.54, 1.807) is 13.0 Å². The van der Waals surface area contributed by atoms with E-state index < -0.39 is 6.04 Å². The lowest BCUT2D eigenvalue weighted by atomic mass is 10.1. The van der Waals surface area contributed by atoms with E-state index in [0.29, 0.717) is 10.8 Å². The quantitative estimate of drug-likeness (QED) is 0.370. The number of hydrogen-bond acceptors (Lipinski definition) is 3. The Kier molecular flexibility index (Phi) is 8.75. The normalized spacial score (nSPS) is 12.8. The van der Waals surface area contributed by atoms with E-state index in [1.807, 2.05) is 68.4 Å². The van der Waals surface area contributed by atoms with Crippen LogP contribution in [0, 0.1) is 0 Å². The minimum atomic E-state index is -0.689. The summed E-state index contributed by atoms with van der Waals surface area (Å²) in [5.41, 5.74) is 0.766. The Balaban J connectivity index is 1.80. The maximum Gasteiger partial charge on any atom is 0.261 e. The van der Waals surface area contributed by atoms with Crippen molar-refractivity contribution in [2.75, 3.05) is 6.61 Å². The summed E-state index contributed by atoms with van der Waals surface area (Å²) < 4.78 is 6.67. The van der Waals surface area contributed by atoms with Gasteiger partial charge in [0.15, 0.2) is 6.61 Å². The van der Waals surface area contributed by atoms with Crippen molar-refractivity contribution < 1.29 is 14.3 Å². The van der Waals surface area contributed by atoms with Crippen molar-refractivity contribution in [3.05, 3.63) is 75.7 Å². The first-order chi connectivity index (χ1) is 15.8. The van der Waals surface area contributed by atoms with Gasteiger partial charge in [0.1, 0.15) is 11.8 Å². The molecule has 0 radical (unpaired) electrons. The molecule has 0 aliphatic carbocycles. The molecule has 174 valence electrons. The smallest absolute Gasteiger partial charge is 0.261 e. The number of nitrogens with zero attached hydrogens (tertiary/aromatic N) is 1. The van der Waals surface area contributed by atoms with Crippen LogP contribution in [0.1, 0.15) is 32.8 Å². The zero-order chi connectivity index (χ0) is 24.0. The van der Waals surface area contributed by atoms with Gasteiger partial charge in [-0.3, -0.25) is 9.59 Å². The van der Waals surface area contributed by atoms with Gasteiger partial charge >= 0.3 is 0 Å². The van der Waals surface area contributed by atoms with E-state index in [4.69, 9.17) is 16.3 Å². The van der Waals surface area contributed by atoms with Crippen molar-refractivity contribution in [1.29, 1.82) is 0 Å². The number of carbonyl (C=O) groups is 2. The van der Waals surface area contributed by atoms with E-state index in [2.05, 4.69) is 21.2 Å². The second-order valence-electron chi connectivity index (χ2n) is 7.99. The minimum Gasteiger partial charge on any atom is -0.483 e. The van der Waals surface area contributed by atoms with Crippen LogP contribution >= 0.6 is 27.5 Å². The first-order valence-electron chi connectivity index (χ1n) is 10.9. The van der Waals surface area contributed by atoms with E-state index >= 15 is 0 Å². The van der Waals surface area contributed by atoms with E-state index in [0.717, 1.165) is 27.2 Å². The molecular formula is C26H28BrClN2O3. The molecule has 0 aliphatic rings. The Morgan fingerprint density at radius 2 is 1.76 bits per heavy atom. The predicted octanol–water partition coefficient (Wildman–Crippen LogP) is 5.97. The molecule has 2 amide bonds. The number of fused-ring (bicyclic) bond motifs is 1. The summed E-state index contributed by atoms with van der Waals surface area (Å²) >= 11 is 9.93. The summed E-state index contributed by atoms with van der Waals surface area (Å²) in [6.45, 7) is 5.65. The van der Waals surface area contributed by atoms with Crippen molar-refractivity contribution in [3.8, 4) is 5.75 Å². The van der Waals surface area contributed by atoms with Gasteiger partial charge in [0, 0.05) is 17.6 Å². The van der Waals surface area contributed by atoms with Crippen molar-refractivity contribution in [2.24, 2.45) is 0 Å². The van der Waals surface area contributed by atoms with E-state index in [9.17, 15) is 9.59 Å². The number of nitrogens with one attached hydrogen (secondary N) is 1. The highest BCUT2D eigenvalue weighted by Crippen LogP contribution is 2.33. The largest absolute Gasteiger partial charge is 0.483 e. The van der Waals surface area contributed by atoms with Crippen LogP contribution in [0.15, 0.2) is 65.1 Å². The second kappa shape index (κ2) is 11.5. The molecule has 1 N–H and O–H groups in total. The van der Waals surface area contributed by atoms with Crippen molar-refractivity contribution in [1.82, 2.24) is 10.2 Å². The fourth-order valence-electron chi connectivity index (χ4n) is 3.41. The molecule has 3 aromatic rings. The van der Waals surface area contributed by atoms with Gasteiger partial charge in [-0.2, -0.15) is 0 Å². The zero-order valence-electron chi connectivity index (χ0n) is 19.0. The molecule has 0 aromatic heterocycles. The van der Waals surface area contributed by atoms with E-state index in [1.165, 1.54) is 4.90 Å². The van der Waals surface area contributed by atoms with Crippen molar-refractivity contribution >= 4 is 50.1 Å². The molecule has 0 aliphatic heterocycles. The highest BCUT2D eigenvalue weighted by Gasteiger charge is 2.27. The number of ether oxygens (including phenoxy) is 1. The molecule has 5 nitrogen and oxygen atoms in total. The highest BCUT2D eigenvalue weighted by molar-refractivity contribution is 9.10.